The van der Waals surface area contributed by atoms with Crippen LogP contribution >= 0.6 is 15.9 Å². The third kappa shape index (κ3) is 2.52. The number of carbonyl (C=O) groups excluding carboxylic acids is 1. The molecule has 3 rings (SSSR count). The van der Waals surface area contributed by atoms with Crippen molar-refractivity contribution in [3.8, 4) is 17.6 Å². The molecular formula is C15H8BrFN2O2. The van der Waals surface area contributed by atoms with Crippen molar-refractivity contribution in [3.63, 3.8) is 0 Å². The van der Waals surface area contributed by atoms with Gasteiger partial charge in [0, 0.05) is 18.1 Å². The first kappa shape index (κ1) is 13.7. The van der Waals surface area contributed by atoms with Crippen LogP contribution in [-0.4, -0.2) is 10.8 Å². The minimum atomic E-state index is -0.554. The summed E-state index contributed by atoms with van der Waals surface area (Å²) in [5.41, 5.74) is 1.44. The lowest BCUT2D eigenvalue weighted by Crippen LogP contribution is -1.98. The zero-order valence-electron chi connectivity index (χ0n) is 10.7. The van der Waals surface area contributed by atoms with Gasteiger partial charge >= 0.3 is 0 Å². The maximum Gasteiger partial charge on any atom is 0.166 e. The number of carbonyl (C=O) groups is 1. The van der Waals surface area contributed by atoms with Crippen molar-refractivity contribution in [2.24, 2.45) is 0 Å². The van der Waals surface area contributed by atoms with E-state index in [1.165, 1.54) is 18.3 Å². The number of ketones is 1. The summed E-state index contributed by atoms with van der Waals surface area (Å²) in [6, 6.07) is 5.62. The van der Waals surface area contributed by atoms with Crippen LogP contribution in [0.15, 0.2) is 29.0 Å². The Kier molecular flexibility index (Phi) is 3.43. The van der Waals surface area contributed by atoms with Gasteiger partial charge in [-0.05, 0) is 34.5 Å². The van der Waals surface area contributed by atoms with Crippen LogP contribution in [-0.2, 0) is 6.42 Å². The number of pyridine rings is 1. The Bertz CT molecular complexity index is 799. The fourth-order valence-electron chi connectivity index (χ4n) is 2.30. The summed E-state index contributed by atoms with van der Waals surface area (Å²) in [6.45, 7) is 0. The first-order chi connectivity index (χ1) is 10.1. The number of nitrogens with zero attached hydrogens (tertiary/aromatic N) is 2. The number of Topliss-reactive ketones (excluding diaryl/α,β-unsaturated/α-hetero) is 1. The summed E-state index contributed by atoms with van der Waals surface area (Å²) in [6.07, 6.45) is 2.45. The number of aromatic nitrogens is 1. The van der Waals surface area contributed by atoms with E-state index >= 15 is 0 Å². The molecule has 1 aromatic heterocycles. The minimum Gasteiger partial charge on any atom is -0.455 e. The largest absolute Gasteiger partial charge is 0.455 e. The number of halogens is 2. The molecule has 1 aliphatic carbocycles. The topological polar surface area (TPSA) is 63.0 Å². The molecule has 0 saturated carbocycles. The summed E-state index contributed by atoms with van der Waals surface area (Å²) in [4.78, 5) is 15.9. The standard InChI is InChI=1S/C15H8BrFN2O2/c16-15-14-11(1-2-12(14)20)13(7-19-15)21-10-4-8(6-18)3-9(17)5-10/h3-5,7H,1-2H2. The van der Waals surface area contributed by atoms with Crippen molar-refractivity contribution >= 4 is 21.7 Å². The highest BCUT2D eigenvalue weighted by Crippen LogP contribution is 2.36. The Hall–Kier alpha value is -2.26. The summed E-state index contributed by atoms with van der Waals surface area (Å²) in [5.74, 6) is 0.0689. The molecule has 2 aromatic rings. The SMILES string of the molecule is N#Cc1cc(F)cc(Oc2cnc(Br)c3c2CCC3=O)c1. The number of nitriles is 1. The van der Waals surface area contributed by atoms with E-state index in [1.807, 2.05) is 6.07 Å². The van der Waals surface area contributed by atoms with E-state index in [1.54, 1.807) is 0 Å². The number of rotatable bonds is 2. The maximum absolute atomic E-state index is 13.4. The lowest BCUT2D eigenvalue weighted by Gasteiger charge is -2.10. The predicted molar refractivity (Wildman–Crippen MR) is 75.8 cm³/mol. The lowest BCUT2D eigenvalue weighted by atomic mass is 10.1. The van der Waals surface area contributed by atoms with Crippen molar-refractivity contribution in [1.82, 2.24) is 4.98 Å². The van der Waals surface area contributed by atoms with Gasteiger partial charge in [-0.3, -0.25) is 4.79 Å². The fraction of sp³-hybridized carbons (Fsp3) is 0.133. The van der Waals surface area contributed by atoms with Gasteiger partial charge in [-0.15, -0.1) is 0 Å². The second-order valence-corrected chi connectivity index (χ2v) is 5.33. The van der Waals surface area contributed by atoms with Crippen LogP contribution in [0.3, 0.4) is 0 Å². The normalized spacial score (nSPS) is 12.9. The van der Waals surface area contributed by atoms with Crippen molar-refractivity contribution in [2.45, 2.75) is 12.8 Å². The van der Waals surface area contributed by atoms with Gasteiger partial charge in [-0.1, -0.05) is 0 Å². The maximum atomic E-state index is 13.4. The molecule has 0 fully saturated rings. The zero-order chi connectivity index (χ0) is 15.0. The van der Waals surface area contributed by atoms with Crippen molar-refractivity contribution in [3.05, 3.63) is 51.5 Å². The molecule has 0 atom stereocenters. The molecule has 1 aromatic carbocycles. The van der Waals surface area contributed by atoms with Gasteiger partial charge in [0.2, 0.25) is 0 Å². The quantitative estimate of drug-likeness (QED) is 0.776. The minimum absolute atomic E-state index is 0.00628. The first-order valence-electron chi connectivity index (χ1n) is 6.17. The molecular weight excluding hydrogens is 339 g/mol. The van der Waals surface area contributed by atoms with Crippen molar-refractivity contribution in [2.75, 3.05) is 0 Å². The Labute approximate surface area is 128 Å². The Morgan fingerprint density at radius 1 is 1.33 bits per heavy atom. The summed E-state index contributed by atoms with van der Waals surface area (Å²) in [5, 5.41) is 8.84. The van der Waals surface area contributed by atoms with E-state index in [-0.39, 0.29) is 17.1 Å². The first-order valence-corrected chi connectivity index (χ1v) is 6.97. The van der Waals surface area contributed by atoms with E-state index in [4.69, 9.17) is 10.00 Å². The lowest BCUT2D eigenvalue weighted by molar-refractivity contribution is 0.0993. The van der Waals surface area contributed by atoms with Gasteiger partial charge < -0.3 is 4.74 Å². The Morgan fingerprint density at radius 3 is 2.90 bits per heavy atom. The Morgan fingerprint density at radius 2 is 2.14 bits per heavy atom. The van der Waals surface area contributed by atoms with Gasteiger partial charge in [0.05, 0.1) is 23.4 Å². The van der Waals surface area contributed by atoms with Crippen LogP contribution in [0.5, 0.6) is 11.5 Å². The number of ether oxygens (including phenoxy) is 1. The molecule has 0 bridgehead atoms. The average molecular weight is 347 g/mol. The molecule has 21 heavy (non-hydrogen) atoms. The van der Waals surface area contributed by atoms with Crippen LogP contribution in [0.1, 0.15) is 27.9 Å². The number of benzene rings is 1. The molecule has 6 heteroatoms. The third-order valence-corrected chi connectivity index (χ3v) is 3.81. The van der Waals surface area contributed by atoms with Gasteiger partial charge in [-0.2, -0.15) is 5.26 Å². The van der Waals surface area contributed by atoms with Crippen LogP contribution in [0.25, 0.3) is 0 Å². The number of hydrogen-bond acceptors (Lipinski definition) is 4. The van der Waals surface area contributed by atoms with Gasteiger partial charge in [0.1, 0.15) is 21.9 Å². The molecule has 0 saturated heterocycles. The predicted octanol–water partition coefficient (Wildman–Crippen LogP) is 3.78. The van der Waals surface area contributed by atoms with E-state index in [0.717, 1.165) is 11.6 Å². The molecule has 1 heterocycles. The molecule has 4 nitrogen and oxygen atoms in total. The molecule has 0 amide bonds. The highest BCUT2D eigenvalue weighted by molar-refractivity contribution is 9.10. The van der Waals surface area contributed by atoms with E-state index in [2.05, 4.69) is 20.9 Å². The fourth-order valence-corrected chi connectivity index (χ4v) is 2.86. The second-order valence-electron chi connectivity index (χ2n) is 4.58. The smallest absolute Gasteiger partial charge is 0.166 e. The van der Waals surface area contributed by atoms with Crippen LogP contribution in [0, 0.1) is 17.1 Å². The van der Waals surface area contributed by atoms with Crippen LogP contribution in [0.2, 0.25) is 0 Å². The highest BCUT2D eigenvalue weighted by Gasteiger charge is 2.27. The van der Waals surface area contributed by atoms with Gasteiger partial charge in [0.15, 0.2) is 5.78 Å². The van der Waals surface area contributed by atoms with Crippen LogP contribution < -0.4 is 4.74 Å². The highest BCUT2D eigenvalue weighted by atomic mass is 79.9. The summed E-state index contributed by atoms with van der Waals surface area (Å²) >= 11 is 3.25. The molecule has 0 unspecified atom stereocenters. The molecule has 0 radical (unpaired) electrons. The Balaban J connectivity index is 2.03. The van der Waals surface area contributed by atoms with Gasteiger partial charge in [0.25, 0.3) is 0 Å². The van der Waals surface area contributed by atoms with E-state index in [9.17, 15) is 9.18 Å². The van der Waals surface area contributed by atoms with E-state index in [0.29, 0.717) is 28.8 Å². The molecule has 1 aliphatic rings. The average Bonchev–Trinajstić information content (AvgIpc) is 2.84. The van der Waals surface area contributed by atoms with Crippen molar-refractivity contribution < 1.29 is 13.9 Å². The summed E-state index contributed by atoms with van der Waals surface area (Å²) < 4.78 is 19.5. The number of hydrogen-bond donors (Lipinski definition) is 0. The molecule has 0 spiro atoms. The zero-order valence-corrected chi connectivity index (χ0v) is 12.3. The molecule has 0 N–H and O–H groups in total. The van der Waals surface area contributed by atoms with Gasteiger partial charge in [-0.25, -0.2) is 9.37 Å². The number of fused-ring (bicyclic) bond motifs is 1. The summed E-state index contributed by atoms with van der Waals surface area (Å²) in [7, 11) is 0. The molecule has 104 valence electrons. The van der Waals surface area contributed by atoms with Crippen LogP contribution in [0.4, 0.5) is 4.39 Å². The molecule has 0 aliphatic heterocycles. The monoisotopic (exact) mass is 346 g/mol. The third-order valence-electron chi connectivity index (χ3n) is 3.21. The second kappa shape index (κ2) is 5.26. The van der Waals surface area contributed by atoms with E-state index < -0.39 is 5.82 Å². The van der Waals surface area contributed by atoms with Crippen molar-refractivity contribution in [1.29, 1.82) is 5.26 Å².